The molecule has 0 saturated heterocycles. The summed E-state index contributed by atoms with van der Waals surface area (Å²) in [6.45, 7) is 3.92. The molecule has 2 aromatic rings. The molecule has 0 unspecified atom stereocenters. The molecule has 124 valence electrons. The zero-order valence-corrected chi connectivity index (χ0v) is 14.0. The molecule has 0 aliphatic heterocycles. The number of pyridine rings is 1. The molecule has 0 radical (unpaired) electrons. The molecule has 0 bridgehead atoms. The number of fused-ring (bicyclic) bond motifs is 1. The topological polar surface area (TPSA) is 86.1 Å². The molecule has 6 heteroatoms. The zero-order chi connectivity index (χ0) is 17.7. The number of hydrogen-bond acceptors (Lipinski definition) is 4. The minimum absolute atomic E-state index is 0.201. The smallest absolute Gasteiger partial charge is 0.257 e. The summed E-state index contributed by atoms with van der Waals surface area (Å²) in [5, 5.41) is 12.5. The van der Waals surface area contributed by atoms with E-state index in [1.165, 1.54) is 7.05 Å². The molecule has 2 amide bonds. The molecule has 6 nitrogen and oxygen atoms in total. The molecule has 0 fully saturated rings. The quantitative estimate of drug-likeness (QED) is 0.675. The van der Waals surface area contributed by atoms with Crippen LogP contribution in [0.15, 0.2) is 36.5 Å². The summed E-state index contributed by atoms with van der Waals surface area (Å²) in [6, 6.07) is 8.13. The highest BCUT2D eigenvalue weighted by Crippen LogP contribution is 2.14. The van der Waals surface area contributed by atoms with Crippen molar-refractivity contribution in [2.45, 2.75) is 26.3 Å². The largest absolute Gasteiger partial charge is 0.340 e. The van der Waals surface area contributed by atoms with Gasteiger partial charge in [0.1, 0.15) is 6.04 Å². The van der Waals surface area contributed by atoms with Crippen molar-refractivity contribution in [2.75, 3.05) is 7.05 Å². The lowest BCUT2D eigenvalue weighted by atomic mass is 10.0. The summed E-state index contributed by atoms with van der Waals surface area (Å²) in [5.41, 5.74) is 1.25. The van der Waals surface area contributed by atoms with Gasteiger partial charge in [-0.05, 0) is 36.6 Å². The predicted octanol–water partition coefficient (Wildman–Crippen LogP) is 2.32. The van der Waals surface area contributed by atoms with Gasteiger partial charge in [-0.25, -0.2) is 0 Å². The standard InChI is InChI=1S/C18H20N4O2/c1-12(2)9-16(18(24)22(3)11-19)21-17(23)14-6-7-15-13(10-14)5-4-8-20-15/h4-8,10,12,16H,9H2,1-3H3,(H,21,23)/t16-/m0/s1. The van der Waals surface area contributed by atoms with Crippen molar-refractivity contribution in [3.63, 3.8) is 0 Å². The second-order valence-electron chi connectivity index (χ2n) is 6.06. The number of aromatic nitrogens is 1. The monoisotopic (exact) mass is 324 g/mol. The van der Waals surface area contributed by atoms with Gasteiger partial charge in [-0.2, -0.15) is 5.26 Å². The van der Waals surface area contributed by atoms with Crippen LogP contribution in [-0.2, 0) is 4.79 Å². The molecule has 1 heterocycles. The van der Waals surface area contributed by atoms with E-state index in [1.807, 2.05) is 19.9 Å². The van der Waals surface area contributed by atoms with Gasteiger partial charge in [-0.15, -0.1) is 0 Å². The molecule has 2 rings (SSSR count). The Morgan fingerprint density at radius 3 is 2.75 bits per heavy atom. The maximum Gasteiger partial charge on any atom is 0.257 e. The highest BCUT2D eigenvalue weighted by molar-refractivity contribution is 6.00. The summed E-state index contributed by atoms with van der Waals surface area (Å²) < 4.78 is 0. The lowest BCUT2D eigenvalue weighted by Crippen LogP contribution is -2.46. The van der Waals surface area contributed by atoms with Gasteiger partial charge in [-0.3, -0.25) is 19.5 Å². The Balaban J connectivity index is 2.22. The number of likely N-dealkylation sites (N-methyl/N-ethyl adjacent to an activating group) is 1. The van der Waals surface area contributed by atoms with Crippen LogP contribution in [0.3, 0.4) is 0 Å². The first-order valence-electron chi connectivity index (χ1n) is 7.75. The van der Waals surface area contributed by atoms with Crippen LogP contribution in [0.25, 0.3) is 10.9 Å². The van der Waals surface area contributed by atoms with Crippen LogP contribution in [0.5, 0.6) is 0 Å². The maximum atomic E-state index is 12.5. The third-order valence-electron chi connectivity index (χ3n) is 3.66. The van der Waals surface area contributed by atoms with Crippen molar-refractivity contribution in [1.82, 2.24) is 15.2 Å². The first-order valence-corrected chi connectivity index (χ1v) is 7.75. The van der Waals surface area contributed by atoms with Crippen LogP contribution in [0.2, 0.25) is 0 Å². The number of carbonyl (C=O) groups is 2. The highest BCUT2D eigenvalue weighted by Gasteiger charge is 2.25. The first kappa shape index (κ1) is 17.4. The van der Waals surface area contributed by atoms with E-state index in [2.05, 4.69) is 10.3 Å². The van der Waals surface area contributed by atoms with Gasteiger partial charge in [-0.1, -0.05) is 19.9 Å². The van der Waals surface area contributed by atoms with Gasteiger partial charge in [0.15, 0.2) is 6.19 Å². The first-order chi connectivity index (χ1) is 11.4. The van der Waals surface area contributed by atoms with Crippen molar-refractivity contribution in [2.24, 2.45) is 5.92 Å². The van der Waals surface area contributed by atoms with Gasteiger partial charge in [0.05, 0.1) is 5.52 Å². The van der Waals surface area contributed by atoms with Crippen molar-refractivity contribution < 1.29 is 9.59 Å². The average molecular weight is 324 g/mol. The molecule has 0 saturated carbocycles. The summed E-state index contributed by atoms with van der Waals surface area (Å²) >= 11 is 0. The van der Waals surface area contributed by atoms with Gasteiger partial charge < -0.3 is 5.32 Å². The average Bonchev–Trinajstić information content (AvgIpc) is 2.58. The molecule has 1 aromatic carbocycles. The summed E-state index contributed by atoms with van der Waals surface area (Å²) in [4.78, 5) is 29.9. The Kier molecular flexibility index (Phi) is 5.48. The number of nitriles is 1. The summed E-state index contributed by atoms with van der Waals surface area (Å²) in [6.07, 6.45) is 3.94. The number of nitrogens with one attached hydrogen (secondary N) is 1. The van der Waals surface area contributed by atoms with E-state index in [4.69, 9.17) is 5.26 Å². The number of amides is 2. The van der Waals surface area contributed by atoms with Crippen molar-refractivity contribution in [1.29, 1.82) is 5.26 Å². The Morgan fingerprint density at radius 1 is 1.33 bits per heavy atom. The minimum Gasteiger partial charge on any atom is -0.340 e. The lowest BCUT2D eigenvalue weighted by molar-refractivity contribution is -0.129. The van der Waals surface area contributed by atoms with E-state index < -0.39 is 11.9 Å². The third kappa shape index (κ3) is 4.07. The van der Waals surface area contributed by atoms with Gasteiger partial charge in [0, 0.05) is 24.2 Å². The maximum absolute atomic E-state index is 12.5. The van der Waals surface area contributed by atoms with Gasteiger partial charge >= 0.3 is 0 Å². The van der Waals surface area contributed by atoms with Crippen LogP contribution in [0.1, 0.15) is 30.6 Å². The van der Waals surface area contributed by atoms with Gasteiger partial charge in [0.25, 0.3) is 11.8 Å². The number of rotatable bonds is 5. The second kappa shape index (κ2) is 7.55. The van der Waals surface area contributed by atoms with Gasteiger partial charge in [0.2, 0.25) is 0 Å². The van der Waals surface area contributed by atoms with E-state index in [1.54, 1.807) is 36.7 Å². The molecule has 0 aliphatic carbocycles. The Morgan fingerprint density at radius 2 is 2.08 bits per heavy atom. The molecular formula is C18H20N4O2. The number of nitrogens with zero attached hydrogens (tertiary/aromatic N) is 3. The second-order valence-corrected chi connectivity index (χ2v) is 6.06. The molecular weight excluding hydrogens is 304 g/mol. The van der Waals surface area contributed by atoms with Crippen LogP contribution >= 0.6 is 0 Å². The molecule has 0 spiro atoms. The Bertz CT molecular complexity index is 795. The van der Waals surface area contributed by atoms with E-state index >= 15 is 0 Å². The molecule has 1 atom stereocenters. The molecule has 1 aromatic heterocycles. The molecule has 0 aliphatic rings. The summed E-state index contributed by atoms with van der Waals surface area (Å²) in [7, 11) is 1.39. The minimum atomic E-state index is -0.730. The van der Waals surface area contributed by atoms with Crippen molar-refractivity contribution in [3.05, 3.63) is 42.1 Å². The normalized spacial score (nSPS) is 11.8. The van der Waals surface area contributed by atoms with Crippen LogP contribution in [0.4, 0.5) is 0 Å². The number of benzene rings is 1. The number of carbonyl (C=O) groups excluding carboxylic acids is 2. The van der Waals surface area contributed by atoms with Crippen molar-refractivity contribution in [3.8, 4) is 6.19 Å². The van der Waals surface area contributed by atoms with E-state index in [-0.39, 0.29) is 11.8 Å². The van der Waals surface area contributed by atoms with Crippen molar-refractivity contribution >= 4 is 22.7 Å². The van der Waals surface area contributed by atoms with E-state index in [0.717, 1.165) is 15.8 Å². The fraction of sp³-hybridized carbons (Fsp3) is 0.333. The lowest BCUT2D eigenvalue weighted by Gasteiger charge is -2.21. The number of hydrogen-bond donors (Lipinski definition) is 1. The van der Waals surface area contributed by atoms with Crippen LogP contribution < -0.4 is 5.32 Å². The predicted molar refractivity (Wildman–Crippen MR) is 90.8 cm³/mol. The fourth-order valence-corrected chi connectivity index (χ4v) is 2.43. The molecule has 24 heavy (non-hydrogen) atoms. The Labute approximate surface area is 141 Å². The van der Waals surface area contributed by atoms with Crippen LogP contribution in [0, 0.1) is 17.4 Å². The molecule has 1 N–H and O–H groups in total. The Hall–Kier alpha value is -2.94. The van der Waals surface area contributed by atoms with E-state index in [9.17, 15) is 9.59 Å². The summed E-state index contributed by atoms with van der Waals surface area (Å²) in [5.74, 6) is -0.555. The van der Waals surface area contributed by atoms with Crippen LogP contribution in [-0.4, -0.2) is 34.8 Å². The van der Waals surface area contributed by atoms with E-state index in [0.29, 0.717) is 12.0 Å². The highest BCUT2D eigenvalue weighted by atomic mass is 16.2. The SMILES string of the molecule is CC(C)C[C@H](NC(=O)c1ccc2ncccc2c1)C(=O)N(C)C#N. The fourth-order valence-electron chi connectivity index (χ4n) is 2.43. The zero-order valence-electron chi connectivity index (χ0n) is 14.0. The third-order valence-corrected chi connectivity index (χ3v) is 3.66.